The molecule has 3 N–H and O–H groups in total. The number of fused-ring (bicyclic) bond motifs is 2. The Morgan fingerprint density at radius 1 is 1.30 bits per heavy atom. The van der Waals surface area contributed by atoms with Gasteiger partial charge in [-0.3, -0.25) is 14.9 Å². The van der Waals surface area contributed by atoms with Crippen LogP contribution >= 0.6 is 11.8 Å². The van der Waals surface area contributed by atoms with Crippen LogP contribution in [0.1, 0.15) is 18.4 Å². The molecule has 0 aliphatic carbocycles. The van der Waals surface area contributed by atoms with Gasteiger partial charge in [-0.05, 0) is 67.3 Å². The number of carbonyl (C=O) groups is 2. The fourth-order valence-corrected chi connectivity index (χ4v) is 4.90. The molecule has 4 rings (SSSR count). The van der Waals surface area contributed by atoms with E-state index in [-0.39, 0.29) is 17.9 Å². The third kappa shape index (κ3) is 3.54. The average molecular weight is 430 g/mol. The molecule has 158 valence electrons. The van der Waals surface area contributed by atoms with Crippen LogP contribution in [0.4, 0.5) is 15.8 Å². The minimum atomic E-state index is -1.28. The van der Waals surface area contributed by atoms with Crippen molar-refractivity contribution in [1.82, 2.24) is 5.32 Å². The predicted molar refractivity (Wildman–Crippen MR) is 116 cm³/mol. The highest BCUT2D eigenvalue weighted by atomic mass is 32.2. The first-order chi connectivity index (χ1) is 14.5. The molecule has 1 spiro atoms. The third-order valence-electron chi connectivity index (χ3n) is 5.83. The maximum atomic E-state index is 14.1. The van der Waals surface area contributed by atoms with E-state index in [1.807, 2.05) is 6.26 Å². The molecular weight excluding hydrogens is 405 g/mol. The number of anilines is 2. The van der Waals surface area contributed by atoms with Gasteiger partial charge in [0.1, 0.15) is 17.1 Å². The van der Waals surface area contributed by atoms with Gasteiger partial charge in [0, 0.05) is 23.0 Å². The molecule has 2 aliphatic rings. The molecule has 0 aromatic heterocycles. The Balaban J connectivity index is 1.68. The number of ether oxygens (including phenoxy) is 1. The molecular formula is C22H24FN3O3S. The van der Waals surface area contributed by atoms with Crippen LogP contribution in [0.3, 0.4) is 0 Å². The number of carbonyl (C=O) groups excluding carboxylic acids is 2. The molecule has 0 saturated carbocycles. The van der Waals surface area contributed by atoms with Crippen LogP contribution in [0, 0.1) is 11.7 Å². The second-order valence-corrected chi connectivity index (χ2v) is 8.57. The second kappa shape index (κ2) is 8.28. The lowest BCUT2D eigenvalue weighted by molar-refractivity contribution is -0.130. The predicted octanol–water partition coefficient (Wildman–Crippen LogP) is 3.35. The number of benzene rings is 2. The average Bonchev–Trinajstić information content (AvgIpc) is 3.26. The fraction of sp³-hybridized carbons (Fsp3) is 0.364. The zero-order valence-electron chi connectivity index (χ0n) is 16.8. The van der Waals surface area contributed by atoms with Crippen molar-refractivity contribution in [1.29, 1.82) is 0 Å². The maximum absolute atomic E-state index is 14.1. The summed E-state index contributed by atoms with van der Waals surface area (Å²) in [7, 11) is 1.57. The van der Waals surface area contributed by atoms with Crippen molar-refractivity contribution in [3.05, 3.63) is 53.8 Å². The van der Waals surface area contributed by atoms with E-state index in [1.54, 1.807) is 49.2 Å². The monoisotopic (exact) mass is 429 g/mol. The van der Waals surface area contributed by atoms with Crippen LogP contribution in [0.2, 0.25) is 0 Å². The molecule has 6 nitrogen and oxygen atoms in total. The lowest BCUT2D eigenvalue weighted by Crippen LogP contribution is -2.52. The number of rotatable bonds is 6. The Bertz CT molecular complexity index is 969. The van der Waals surface area contributed by atoms with Crippen LogP contribution in [-0.2, 0) is 15.1 Å². The summed E-state index contributed by atoms with van der Waals surface area (Å²) in [6.07, 6.45) is 3.32. The topological polar surface area (TPSA) is 79.5 Å². The summed E-state index contributed by atoms with van der Waals surface area (Å²) in [5.41, 5.74) is 0.369. The molecule has 8 heteroatoms. The van der Waals surface area contributed by atoms with E-state index < -0.39 is 17.3 Å². The van der Waals surface area contributed by atoms with Gasteiger partial charge in [0.05, 0.1) is 13.0 Å². The summed E-state index contributed by atoms with van der Waals surface area (Å²) in [6, 6.07) is 11.2. The Hall–Kier alpha value is -2.58. The van der Waals surface area contributed by atoms with Crippen LogP contribution in [0.15, 0.2) is 42.5 Å². The molecule has 2 amide bonds. The summed E-state index contributed by atoms with van der Waals surface area (Å²) in [5, 5.41) is 9.14. The first kappa shape index (κ1) is 20.7. The van der Waals surface area contributed by atoms with Crippen molar-refractivity contribution >= 4 is 35.0 Å². The summed E-state index contributed by atoms with van der Waals surface area (Å²) >= 11 is 1.71. The third-order valence-corrected chi connectivity index (χ3v) is 6.48. The normalized spacial score (nSPS) is 24.6. The largest absolute Gasteiger partial charge is 0.497 e. The first-order valence-electron chi connectivity index (χ1n) is 9.81. The standard InChI is InChI=1S/C22H24FN3O3S/c1-29-16-6-4-14(5-7-16)24-20(27)18-12-15(9-10-30-2)26-22(18)17-11-13(23)3-8-19(17)25-21(22)28/h3-8,11,15,18,26H,9-10,12H2,1-2H3,(H,24,27)(H,25,28)/t15-,18+,22-/m1/s1. The van der Waals surface area contributed by atoms with Crippen molar-refractivity contribution in [2.24, 2.45) is 5.92 Å². The molecule has 2 aromatic rings. The highest BCUT2D eigenvalue weighted by Gasteiger charge is 2.60. The van der Waals surface area contributed by atoms with E-state index in [2.05, 4.69) is 16.0 Å². The van der Waals surface area contributed by atoms with Gasteiger partial charge in [-0.2, -0.15) is 11.8 Å². The Kier molecular flexibility index (Phi) is 5.71. The second-order valence-electron chi connectivity index (χ2n) is 7.58. The highest BCUT2D eigenvalue weighted by molar-refractivity contribution is 7.98. The van der Waals surface area contributed by atoms with Crippen molar-refractivity contribution in [3.63, 3.8) is 0 Å². The minimum absolute atomic E-state index is 0.0240. The summed E-state index contributed by atoms with van der Waals surface area (Å²) < 4.78 is 19.2. The van der Waals surface area contributed by atoms with Crippen LogP contribution in [0.25, 0.3) is 0 Å². The Labute approximate surface area is 179 Å². The van der Waals surface area contributed by atoms with Crippen molar-refractivity contribution in [2.75, 3.05) is 29.8 Å². The van der Waals surface area contributed by atoms with Gasteiger partial charge < -0.3 is 15.4 Å². The van der Waals surface area contributed by atoms with E-state index in [1.165, 1.54) is 12.1 Å². The summed E-state index contributed by atoms with van der Waals surface area (Å²) in [6.45, 7) is 0. The van der Waals surface area contributed by atoms with Gasteiger partial charge in [0.2, 0.25) is 11.8 Å². The molecule has 2 heterocycles. The highest BCUT2D eigenvalue weighted by Crippen LogP contribution is 2.48. The fourth-order valence-electron chi connectivity index (χ4n) is 4.38. The number of thioether (sulfide) groups is 1. The van der Waals surface area contributed by atoms with E-state index in [4.69, 9.17) is 4.74 Å². The van der Waals surface area contributed by atoms with E-state index >= 15 is 0 Å². The number of hydrogen-bond acceptors (Lipinski definition) is 5. The summed E-state index contributed by atoms with van der Waals surface area (Å²) in [5.74, 6) is -0.110. The van der Waals surface area contributed by atoms with Crippen molar-refractivity contribution in [3.8, 4) is 5.75 Å². The number of amides is 2. The van der Waals surface area contributed by atoms with Gasteiger partial charge in [-0.25, -0.2) is 4.39 Å². The van der Waals surface area contributed by atoms with E-state index in [0.717, 1.165) is 12.2 Å². The quantitative estimate of drug-likeness (QED) is 0.656. The maximum Gasteiger partial charge on any atom is 0.250 e. The van der Waals surface area contributed by atoms with Crippen LogP contribution in [-0.4, -0.2) is 37.0 Å². The lowest BCUT2D eigenvalue weighted by Gasteiger charge is -2.29. The van der Waals surface area contributed by atoms with Gasteiger partial charge in [0.15, 0.2) is 0 Å². The van der Waals surface area contributed by atoms with Gasteiger partial charge >= 0.3 is 0 Å². The van der Waals surface area contributed by atoms with Crippen LogP contribution < -0.4 is 20.7 Å². The van der Waals surface area contributed by atoms with E-state index in [9.17, 15) is 14.0 Å². The molecule has 3 atom stereocenters. The van der Waals surface area contributed by atoms with Gasteiger partial charge in [-0.1, -0.05) is 0 Å². The zero-order chi connectivity index (χ0) is 21.3. The smallest absolute Gasteiger partial charge is 0.250 e. The first-order valence-corrected chi connectivity index (χ1v) is 11.2. The molecule has 2 aromatic carbocycles. The van der Waals surface area contributed by atoms with Crippen molar-refractivity contribution < 1.29 is 18.7 Å². The van der Waals surface area contributed by atoms with Crippen molar-refractivity contribution in [2.45, 2.75) is 24.4 Å². The van der Waals surface area contributed by atoms with Gasteiger partial charge in [0.25, 0.3) is 0 Å². The number of methoxy groups -OCH3 is 1. The Morgan fingerprint density at radius 3 is 2.77 bits per heavy atom. The minimum Gasteiger partial charge on any atom is -0.497 e. The molecule has 0 bridgehead atoms. The summed E-state index contributed by atoms with van der Waals surface area (Å²) in [4.78, 5) is 26.5. The van der Waals surface area contributed by atoms with Gasteiger partial charge in [-0.15, -0.1) is 0 Å². The number of halogens is 1. The molecule has 1 saturated heterocycles. The van der Waals surface area contributed by atoms with Crippen LogP contribution in [0.5, 0.6) is 5.75 Å². The molecule has 1 fully saturated rings. The molecule has 0 unspecified atom stereocenters. The molecule has 2 aliphatic heterocycles. The number of hydrogen-bond donors (Lipinski definition) is 3. The molecule has 0 radical (unpaired) electrons. The lowest BCUT2D eigenvalue weighted by atomic mass is 9.79. The number of nitrogens with one attached hydrogen (secondary N) is 3. The van der Waals surface area contributed by atoms with E-state index in [0.29, 0.717) is 29.1 Å². The Morgan fingerprint density at radius 2 is 2.07 bits per heavy atom. The SMILES string of the molecule is COc1ccc(NC(=O)[C@@H]2C[C@@H](CCSC)N[C@@]23C(=O)Nc2ccc(F)cc23)cc1. The zero-order valence-corrected chi connectivity index (χ0v) is 17.6. The molecule has 30 heavy (non-hydrogen) atoms.